The first-order valence-electron chi connectivity index (χ1n) is 7.33. The molecule has 2 rings (SSSR count). The maximum atomic E-state index is 13.0. The molecule has 0 bridgehead atoms. The fraction of sp³-hybridized carbons (Fsp3) is 0.176. The van der Waals surface area contributed by atoms with Gasteiger partial charge >= 0.3 is 6.18 Å². The molecular weight excluding hydrogens is 376 g/mol. The van der Waals surface area contributed by atoms with Gasteiger partial charge in [-0.05, 0) is 35.9 Å². The largest absolute Gasteiger partial charge is 0.405 e. The molecule has 2 aromatic rings. The van der Waals surface area contributed by atoms with Gasteiger partial charge in [-0.25, -0.2) is 4.39 Å². The Morgan fingerprint density at radius 2 is 1.69 bits per heavy atom. The quantitative estimate of drug-likeness (QED) is 0.762. The third-order valence-electron chi connectivity index (χ3n) is 3.24. The Labute approximate surface area is 151 Å². The topological polar surface area (TPSA) is 58.2 Å². The second-order valence-corrected chi connectivity index (χ2v) is 5.75. The van der Waals surface area contributed by atoms with E-state index in [1.165, 1.54) is 30.3 Å². The van der Waals surface area contributed by atoms with E-state index in [-0.39, 0.29) is 17.0 Å². The van der Waals surface area contributed by atoms with Crippen molar-refractivity contribution in [3.8, 4) is 0 Å². The number of carbonyl (C=O) groups is 2. The van der Waals surface area contributed by atoms with Gasteiger partial charge in [0.25, 0.3) is 5.91 Å². The molecule has 0 aliphatic carbocycles. The molecule has 2 aromatic carbocycles. The highest BCUT2D eigenvalue weighted by atomic mass is 35.5. The number of rotatable bonds is 5. The molecule has 2 amide bonds. The van der Waals surface area contributed by atoms with Crippen molar-refractivity contribution in [3.05, 3.63) is 64.4 Å². The molecule has 2 N–H and O–H groups in total. The summed E-state index contributed by atoms with van der Waals surface area (Å²) < 4.78 is 49.1. The monoisotopic (exact) mass is 388 g/mol. The normalized spacial score (nSPS) is 11.1. The molecule has 26 heavy (non-hydrogen) atoms. The van der Waals surface area contributed by atoms with Crippen LogP contribution in [0.5, 0.6) is 0 Å². The van der Waals surface area contributed by atoms with E-state index in [2.05, 4.69) is 5.32 Å². The Morgan fingerprint density at radius 1 is 1.04 bits per heavy atom. The van der Waals surface area contributed by atoms with Crippen molar-refractivity contribution < 1.29 is 27.2 Å². The van der Waals surface area contributed by atoms with Crippen LogP contribution in [0.3, 0.4) is 0 Å². The summed E-state index contributed by atoms with van der Waals surface area (Å²) >= 11 is 5.81. The molecule has 0 saturated carbocycles. The molecule has 0 atom stereocenters. The summed E-state index contributed by atoms with van der Waals surface area (Å²) in [5, 5.41) is 4.28. The minimum Gasteiger partial charge on any atom is -0.347 e. The molecule has 0 fully saturated rings. The molecule has 0 radical (unpaired) electrons. The molecule has 4 nitrogen and oxygen atoms in total. The first-order chi connectivity index (χ1) is 12.1. The molecule has 0 aliphatic rings. The molecule has 9 heteroatoms. The van der Waals surface area contributed by atoms with Gasteiger partial charge in [-0.3, -0.25) is 9.59 Å². The lowest BCUT2D eigenvalue weighted by atomic mass is 10.1. The molecule has 0 aliphatic heterocycles. The fourth-order valence-corrected chi connectivity index (χ4v) is 2.28. The lowest BCUT2D eigenvalue weighted by molar-refractivity contribution is -0.138. The van der Waals surface area contributed by atoms with E-state index in [0.717, 1.165) is 12.1 Å². The molecular formula is C17H13ClF4N2O2. The van der Waals surface area contributed by atoms with Crippen LogP contribution < -0.4 is 10.6 Å². The molecule has 0 saturated heterocycles. The lowest BCUT2D eigenvalue weighted by Gasteiger charge is -2.09. The summed E-state index contributed by atoms with van der Waals surface area (Å²) in [5.41, 5.74) is 0.945. The van der Waals surface area contributed by atoms with E-state index >= 15 is 0 Å². The number of nitrogens with one attached hydrogen (secondary N) is 2. The van der Waals surface area contributed by atoms with E-state index in [0.29, 0.717) is 11.3 Å². The van der Waals surface area contributed by atoms with Crippen molar-refractivity contribution in [2.24, 2.45) is 0 Å². The Bertz CT molecular complexity index is 807. The van der Waals surface area contributed by atoms with E-state index in [1.54, 1.807) is 5.32 Å². The SMILES string of the molecule is O=C(Cc1ccc(NC(=O)c2ccc(F)cc2Cl)cc1)NCC(F)(F)F. The standard InChI is InChI=1S/C17H13ClF4N2O2/c18-14-8-11(19)3-6-13(14)16(26)24-12-4-1-10(2-5-12)7-15(25)23-9-17(20,21)22/h1-6,8H,7,9H2,(H,23,25)(H,24,26). The fourth-order valence-electron chi connectivity index (χ4n) is 2.02. The van der Waals surface area contributed by atoms with Gasteiger partial charge in [0.15, 0.2) is 0 Å². The Balaban J connectivity index is 1.94. The first kappa shape index (κ1) is 19.7. The average molecular weight is 389 g/mol. The molecule has 0 unspecified atom stereocenters. The predicted octanol–water partition coefficient (Wildman–Crippen LogP) is 3.95. The molecule has 0 aromatic heterocycles. The second-order valence-electron chi connectivity index (χ2n) is 5.34. The van der Waals surface area contributed by atoms with Crippen LogP contribution in [0.1, 0.15) is 15.9 Å². The minimum absolute atomic E-state index is 0.0412. The maximum Gasteiger partial charge on any atom is 0.405 e. The number of amides is 2. The van der Waals surface area contributed by atoms with Crippen LogP contribution in [0.15, 0.2) is 42.5 Å². The zero-order valence-corrected chi connectivity index (χ0v) is 13.9. The number of halogens is 5. The van der Waals surface area contributed by atoms with Gasteiger partial charge in [0, 0.05) is 5.69 Å². The van der Waals surface area contributed by atoms with Crippen LogP contribution in [0.25, 0.3) is 0 Å². The number of carbonyl (C=O) groups excluding carboxylic acids is 2. The van der Waals surface area contributed by atoms with Gasteiger partial charge in [-0.2, -0.15) is 13.2 Å². The van der Waals surface area contributed by atoms with Crippen LogP contribution in [-0.4, -0.2) is 24.5 Å². The third kappa shape index (κ3) is 6.03. The van der Waals surface area contributed by atoms with Gasteiger partial charge in [0.1, 0.15) is 12.4 Å². The summed E-state index contributed by atoms with van der Waals surface area (Å²) in [7, 11) is 0. The summed E-state index contributed by atoms with van der Waals surface area (Å²) in [5.74, 6) is -1.89. The van der Waals surface area contributed by atoms with Crippen LogP contribution >= 0.6 is 11.6 Å². The predicted molar refractivity (Wildman–Crippen MR) is 88.6 cm³/mol. The lowest BCUT2D eigenvalue weighted by Crippen LogP contribution is -2.34. The van der Waals surface area contributed by atoms with Crippen LogP contribution in [0, 0.1) is 5.82 Å². The Morgan fingerprint density at radius 3 is 2.27 bits per heavy atom. The number of hydrogen-bond acceptors (Lipinski definition) is 2. The molecule has 138 valence electrons. The third-order valence-corrected chi connectivity index (χ3v) is 3.55. The van der Waals surface area contributed by atoms with Crippen LogP contribution in [0.4, 0.5) is 23.2 Å². The van der Waals surface area contributed by atoms with Gasteiger partial charge in [-0.15, -0.1) is 0 Å². The summed E-state index contributed by atoms with van der Waals surface area (Å²) in [4.78, 5) is 23.5. The minimum atomic E-state index is -4.47. The van der Waals surface area contributed by atoms with Crippen LogP contribution in [-0.2, 0) is 11.2 Å². The van der Waals surface area contributed by atoms with E-state index < -0.39 is 30.4 Å². The van der Waals surface area contributed by atoms with Gasteiger partial charge in [0.05, 0.1) is 17.0 Å². The zero-order chi connectivity index (χ0) is 19.3. The number of alkyl halides is 3. The molecule has 0 spiro atoms. The van der Waals surface area contributed by atoms with E-state index in [4.69, 9.17) is 11.6 Å². The van der Waals surface area contributed by atoms with E-state index in [9.17, 15) is 27.2 Å². The van der Waals surface area contributed by atoms with Gasteiger partial charge in [0.2, 0.25) is 5.91 Å². The first-order valence-corrected chi connectivity index (χ1v) is 7.70. The van der Waals surface area contributed by atoms with E-state index in [1.807, 2.05) is 0 Å². The highest BCUT2D eigenvalue weighted by molar-refractivity contribution is 6.34. The van der Waals surface area contributed by atoms with Crippen LogP contribution in [0.2, 0.25) is 5.02 Å². The van der Waals surface area contributed by atoms with Crippen molar-refractivity contribution in [1.82, 2.24) is 5.32 Å². The van der Waals surface area contributed by atoms with Crippen molar-refractivity contribution in [3.63, 3.8) is 0 Å². The Kier molecular flexibility index (Phi) is 6.20. The van der Waals surface area contributed by atoms with Crippen molar-refractivity contribution in [2.75, 3.05) is 11.9 Å². The van der Waals surface area contributed by atoms with Crippen molar-refractivity contribution in [1.29, 1.82) is 0 Å². The summed E-state index contributed by atoms with van der Waals surface area (Å²) in [6.45, 7) is -1.39. The van der Waals surface area contributed by atoms with Gasteiger partial charge < -0.3 is 10.6 Å². The maximum absolute atomic E-state index is 13.0. The summed E-state index contributed by atoms with van der Waals surface area (Å²) in [6, 6.07) is 9.32. The van der Waals surface area contributed by atoms with Crippen molar-refractivity contribution >= 4 is 29.1 Å². The highest BCUT2D eigenvalue weighted by Crippen LogP contribution is 2.19. The Hall–Kier alpha value is -2.61. The average Bonchev–Trinajstić information content (AvgIpc) is 2.54. The molecule has 0 heterocycles. The summed E-state index contributed by atoms with van der Waals surface area (Å²) in [6.07, 6.45) is -4.69. The van der Waals surface area contributed by atoms with Gasteiger partial charge in [-0.1, -0.05) is 23.7 Å². The second kappa shape index (κ2) is 8.18. The zero-order valence-electron chi connectivity index (χ0n) is 13.2. The number of benzene rings is 2. The smallest absolute Gasteiger partial charge is 0.347 e. The highest BCUT2D eigenvalue weighted by Gasteiger charge is 2.27. The number of anilines is 1. The number of hydrogen-bond donors (Lipinski definition) is 2. The van der Waals surface area contributed by atoms with Crippen molar-refractivity contribution in [2.45, 2.75) is 12.6 Å².